The predicted molar refractivity (Wildman–Crippen MR) is 85.5 cm³/mol. The molecule has 0 aliphatic rings. The molecule has 0 atom stereocenters. The standard InChI is InChI=1S/C16H15N3O5/c1-10-13(4-3-5-14(10)19(21)22)16(20)24-18-15(17)11-6-8-12(23-2)9-7-11/h3-9H,1-2H3,(H2,17,18)/p+1. The fourth-order valence-corrected chi connectivity index (χ4v) is 2.03. The molecule has 0 saturated heterocycles. The molecule has 0 bridgehead atoms. The molecule has 8 nitrogen and oxygen atoms in total. The van der Waals surface area contributed by atoms with Gasteiger partial charge in [0.2, 0.25) is 0 Å². The van der Waals surface area contributed by atoms with Crippen LogP contribution in [-0.4, -0.2) is 23.8 Å². The van der Waals surface area contributed by atoms with Crippen LogP contribution in [0.4, 0.5) is 5.69 Å². The molecule has 0 fully saturated rings. The molecule has 2 aromatic rings. The van der Waals surface area contributed by atoms with Crippen molar-refractivity contribution in [2.45, 2.75) is 6.92 Å². The maximum absolute atomic E-state index is 12.1. The molecule has 0 amide bonds. The van der Waals surface area contributed by atoms with Gasteiger partial charge >= 0.3 is 11.8 Å². The van der Waals surface area contributed by atoms with Crippen molar-refractivity contribution in [3.63, 3.8) is 0 Å². The Morgan fingerprint density at radius 2 is 1.88 bits per heavy atom. The molecule has 0 unspecified atom stereocenters. The summed E-state index contributed by atoms with van der Waals surface area (Å²) in [6.45, 7) is 1.48. The summed E-state index contributed by atoms with van der Waals surface area (Å²) in [6.07, 6.45) is 0. The van der Waals surface area contributed by atoms with Crippen molar-refractivity contribution < 1.29 is 24.4 Å². The number of rotatable bonds is 5. The third kappa shape index (κ3) is 3.67. The summed E-state index contributed by atoms with van der Waals surface area (Å²) in [5.74, 6) is 0.0116. The fraction of sp³-hybridized carbons (Fsp3) is 0.125. The molecule has 0 radical (unpaired) electrons. The van der Waals surface area contributed by atoms with Gasteiger partial charge < -0.3 is 4.74 Å². The van der Waals surface area contributed by atoms with Crippen LogP contribution in [0.25, 0.3) is 0 Å². The van der Waals surface area contributed by atoms with Crippen LogP contribution in [0.15, 0.2) is 42.5 Å². The zero-order chi connectivity index (χ0) is 17.7. The summed E-state index contributed by atoms with van der Waals surface area (Å²) in [7, 11) is 1.55. The highest BCUT2D eigenvalue weighted by atomic mass is 16.7. The maximum Gasteiger partial charge on any atom is 0.388 e. The lowest BCUT2D eigenvalue weighted by molar-refractivity contribution is -0.721. The van der Waals surface area contributed by atoms with Crippen LogP contribution < -0.4 is 15.6 Å². The maximum atomic E-state index is 12.1. The number of methoxy groups -OCH3 is 1. The van der Waals surface area contributed by atoms with Gasteiger partial charge in [0.05, 0.1) is 23.2 Å². The molecular weight excluding hydrogens is 314 g/mol. The Morgan fingerprint density at radius 3 is 2.46 bits per heavy atom. The van der Waals surface area contributed by atoms with Crippen molar-refractivity contribution in [2.24, 2.45) is 5.73 Å². The van der Waals surface area contributed by atoms with E-state index < -0.39 is 10.9 Å². The molecule has 0 aliphatic heterocycles. The largest absolute Gasteiger partial charge is 0.497 e. The fourth-order valence-electron chi connectivity index (χ4n) is 2.03. The molecule has 0 spiro atoms. The Bertz CT molecular complexity index is 800. The third-order valence-electron chi connectivity index (χ3n) is 3.38. The lowest BCUT2D eigenvalue weighted by Gasteiger charge is -2.03. The van der Waals surface area contributed by atoms with Gasteiger partial charge in [-0.15, -0.1) is 0 Å². The average molecular weight is 330 g/mol. The first-order chi connectivity index (χ1) is 11.4. The van der Waals surface area contributed by atoms with E-state index in [9.17, 15) is 14.9 Å². The minimum absolute atomic E-state index is 0.0826. The van der Waals surface area contributed by atoms with E-state index in [1.165, 1.54) is 25.1 Å². The van der Waals surface area contributed by atoms with Gasteiger partial charge in [-0.3, -0.25) is 20.7 Å². The van der Waals surface area contributed by atoms with Crippen LogP contribution in [0.2, 0.25) is 0 Å². The summed E-state index contributed by atoms with van der Waals surface area (Å²) in [6, 6.07) is 11.0. The Balaban J connectivity index is 2.17. The molecule has 24 heavy (non-hydrogen) atoms. The number of amidine groups is 1. The molecular formula is C16H16N3O5+. The van der Waals surface area contributed by atoms with E-state index in [2.05, 4.69) is 5.16 Å². The topological polar surface area (TPSA) is 119 Å². The molecule has 2 rings (SSSR count). The summed E-state index contributed by atoms with van der Waals surface area (Å²) in [4.78, 5) is 27.3. The van der Waals surface area contributed by atoms with Crippen molar-refractivity contribution in [3.05, 3.63) is 69.3 Å². The highest BCUT2D eigenvalue weighted by Crippen LogP contribution is 2.21. The van der Waals surface area contributed by atoms with E-state index in [-0.39, 0.29) is 22.6 Å². The highest BCUT2D eigenvalue weighted by Gasteiger charge is 2.20. The quantitative estimate of drug-likeness (QED) is 0.270. The Kier molecular flexibility index (Phi) is 5.10. The Hall–Kier alpha value is -3.42. The van der Waals surface area contributed by atoms with E-state index in [4.69, 9.17) is 15.3 Å². The number of nitro groups is 1. The first-order valence-corrected chi connectivity index (χ1v) is 6.92. The molecule has 3 N–H and O–H groups in total. The van der Waals surface area contributed by atoms with Crippen molar-refractivity contribution in [1.29, 1.82) is 0 Å². The van der Waals surface area contributed by atoms with Gasteiger partial charge in [-0.2, -0.15) is 0 Å². The van der Waals surface area contributed by atoms with E-state index in [0.29, 0.717) is 11.3 Å². The van der Waals surface area contributed by atoms with Crippen molar-refractivity contribution in [2.75, 3.05) is 7.11 Å². The third-order valence-corrected chi connectivity index (χ3v) is 3.38. The van der Waals surface area contributed by atoms with Gasteiger partial charge in [-0.25, -0.2) is 4.79 Å². The van der Waals surface area contributed by atoms with Crippen molar-refractivity contribution >= 4 is 17.5 Å². The summed E-state index contributed by atoms with van der Waals surface area (Å²) >= 11 is 0. The van der Waals surface area contributed by atoms with Gasteiger partial charge in [0.25, 0.3) is 5.69 Å². The smallest absolute Gasteiger partial charge is 0.388 e. The number of benzene rings is 2. The first-order valence-electron chi connectivity index (χ1n) is 6.92. The first kappa shape index (κ1) is 16.9. The van der Waals surface area contributed by atoms with Crippen molar-refractivity contribution in [3.8, 4) is 5.75 Å². The lowest BCUT2D eigenvalue weighted by Crippen LogP contribution is -2.75. The molecule has 0 aromatic heterocycles. The number of carbonyl (C=O) groups excluding carboxylic acids is 1. The van der Waals surface area contributed by atoms with Crippen LogP contribution in [0.5, 0.6) is 5.75 Å². The zero-order valence-electron chi connectivity index (χ0n) is 13.1. The summed E-state index contributed by atoms with van der Waals surface area (Å²) in [5.41, 5.74) is 6.55. The number of nitrogens with two attached hydrogens (primary N) is 1. The number of nitrogen functional groups attached to an aromatic ring is 1. The predicted octanol–water partition coefficient (Wildman–Crippen LogP) is 0.470. The van der Waals surface area contributed by atoms with Crippen LogP contribution in [0, 0.1) is 17.0 Å². The minimum atomic E-state index is -0.771. The van der Waals surface area contributed by atoms with Crippen LogP contribution >= 0.6 is 0 Å². The molecule has 0 saturated carbocycles. The normalized spacial score (nSPS) is 11.0. The molecule has 8 heteroatoms. The molecule has 2 aromatic carbocycles. The van der Waals surface area contributed by atoms with E-state index in [0.717, 1.165) is 0 Å². The molecule has 0 aliphatic carbocycles. The lowest BCUT2D eigenvalue weighted by atomic mass is 10.1. The average Bonchev–Trinajstić information content (AvgIpc) is 2.59. The van der Waals surface area contributed by atoms with Gasteiger partial charge in [-0.05, 0) is 37.3 Å². The van der Waals surface area contributed by atoms with Gasteiger partial charge in [0.1, 0.15) is 5.75 Å². The SMILES string of the molecule is COc1ccc(C(N)=[NH+]OC(=O)c2cccc([N+](=O)[O-])c2C)cc1. The second kappa shape index (κ2) is 7.23. The number of nitrogens with zero attached hydrogens (tertiary/aromatic N) is 1. The molecule has 124 valence electrons. The Labute approximate surface area is 137 Å². The highest BCUT2D eigenvalue weighted by molar-refractivity contribution is 5.94. The van der Waals surface area contributed by atoms with Crippen molar-refractivity contribution in [1.82, 2.24) is 0 Å². The second-order valence-corrected chi connectivity index (χ2v) is 4.84. The zero-order valence-corrected chi connectivity index (χ0v) is 13.1. The van der Waals surface area contributed by atoms with E-state index >= 15 is 0 Å². The van der Waals surface area contributed by atoms with Gasteiger partial charge in [0, 0.05) is 11.6 Å². The number of ether oxygens (including phenoxy) is 1. The summed E-state index contributed by atoms with van der Waals surface area (Å²) in [5, 5.41) is 13.2. The van der Waals surface area contributed by atoms with Gasteiger partial charge in [0.15, 0.2) is 0 Å². The molecule has 0 heterocycles. The van der Waals surface area contributed by atoms with E-state index in [1.54, 1.807) is 31.4 Å². The minimum Gasteiger partial charge on any atom is -0.497 e. The van der Waals surface area contributed by atoms with E-state index in [1.807, 2.05) is 0 Å². The number of nitro benzene ring substituents is 1. The van der Waals surface area contributed by atoms with Crippen LogP contribution in [0.1, 0.15) is 21.5 Å². The number of hydrogen-bond donors (Lipinski definition) is 2. The number of hydrogen-bond acceptors (Lipinski definition) is 5. The number of nitrogens with one attached hydrogen (secondary N) is 1. The summed E-state index contributed by atoms with van der Waals surface area (Å²) < 4.78 is 5.04. The van der Waals surface area contributed by atoms with Crippen LogP contribution in [-0.2, 0) is 4.84 Å². The van der Waals surface area contributed by atoms with Crippen LogP contribution in [0.3, 0.4) is 0 Å². The number of carbonyl (C=O) groups is 1. The monoisotopic (exact) mass is 330 g/mol. The second-order valence-electron chi connectivity index (χ2n) is 4.84. The van der Waals surface area contributed by atoms with Gasteiger partial charge in [-0.1, -0.05) is 11.2 Å². The Morgan fingerprint density at radius 1 is 1.21 bits per heavy atom.